The maximum Gasteiger partial charge on any atom is 0.374 e. The van der Waals surface area contributed by atoms with Gasteiger partial charge >= 0.3 is 5.30 Å². The van der Waals surface area contributed by atoms with Crippen molar-refractivity contribution in [3.63, 3.8) is 0 Å². The van der Waals surface area contributed by atoms with Crippen molar-refractivity contribution in [3.05, 3.63) is 0 Å². The second-order valence-electron chi connectivity index (χ2n) is 1.10. The number of carbonyl (C=O) groups excluding carboxylic acids is 1. The van der Waals surface area contributed by atoms with Crippen LogP contribution in [0.25, 0.3) is 0 Å². The molecule has 0 heterocycles. The minimum Gasteiger partial charge on any atom is -0.458 e. The summed E-state index contributed by atoms with van der Waals surface area (Å²) >= 11 is 5.15. The van der Waals surface area contributed by atoms with E-state index < -0.39 is 5.30 Å². The van der Waals surface area contributed by atoms with Gasteiger partial charge in [0.15, 0.2) is 0 Å². The molecule has 5 heteroatoms. The molecule has 0 aliphatic rings. The molecular weight excluding hydrogens is 158 g/mol. The summed E-state index contributed by atoms with van der Waals surface area (Å²) in [6, 6.07) is 0. The first-order valence-corrected chi connectivity index (χ1v) is 3.53. The number of rotatable bonds is 1. The van der Waals surface area contributed by atoms with Crippen LogP contribution in [-0.2, 0) is 4.74 Å². The molecule has 2 N–H and O–H groups in total. The highest BCUT2D eigenvalue weighted by Gasteiger charge is 2.02. The lowest BCUT2D eigenvalue weighted by molar-refractivity contribution is 0.182. The van der Waals surface area contributed by atoms with Gasteiger partial charge in [-0.15, -0.1) is 0 Å². The van der Waals surface area contributed by atoms with Crippen LogP contribution in [0.4, 0.5) is 4.79 Å². The molecule has 0 aromatic rings. The number of nitrogens with two attached hydrogens (primary N) is 1. The summed E-state index contributed by atoms with van der Waals surface area (Å²) < 4.78 is 4.60. The van der Waals surface area contributed by atoms with Crippen LogP contribution < -0.4 is 5.73 Å². The highest BCUT2D eigenvalue weighted by atomic mass is 32.2. The van der Waals surface area contributed by atoms with Gasteiger partial charge in [-0.3, -0.25) is 0 Å². The molecule has 0 aliphatic heterocycles. The Balaban J connectivity index is 3.39. The third-order valence-corrected chi connectivity index (χ3v) is 1.18. The second-order valence-corrected chi connectivity index (χ2v) is 2.78. The molecule has 0 aliphatic carbocycles. The molecule has 0 spiro atoms. The van der Waals surface area contributed by atoms with E-state index in [1.165, 1.54) is 0 Å². The molecule has 3 nitrogen and oxygen atoms in total. The van der Waals surface area contributed by atoms with Gasteiger partial charge in [-0.2, -0.15) is 0 Å². The molecule has 0 radical (unpaired) electrons. The molecule has 52 valence electrons. The van der Waals surface area contributed by atoms with Crippen molar-refractivity contribution in [2.45, 2.75) is 6.92 Å². The van der Waals surface area contributed by atoms with Crippen molar-refractivity contribution < 1.29 is 9.53 Å². The summed E-state index contributed by atoms with van der Waals surface area (Å²) in [7, 11) is 0. The van der Waals surface area contributed by atoms with E-state index >= 15 is 0 Å². The van der Waals surface area contributed by atoms with Crippen molar-refractivity contribution in [1.29, 1.82) is 0 Å². The zero-order valence-corrected chi connectivity index (χ0v) is 6.55. The molecule has 0 aromatic carbocycles. The number of ether oxygens (including phenoxy) is 1. The van der Waals surface area contributed by atoms with Crippen LogP contribution in [0, 0.1) is 0 Å². The van der Waals surface area contributed by atoms with Gasteiger partial charge in [0.25, 0.3) is 0 Å². The van der Waals surface area contributed by atoms with Crippen LogP contribution in [0.3, 0.4) is 0 Å². The first-order chi connectivity index (χ1) is 4.16. The Morgan fingerprint density at radius 2 is 2.44 bits per heavy atom. The van der Waals surface area contributed by atoms with Crippen molar-refractivity contribution >= 4 is 33.6 Å². The van der Waals surface area contributed by atoms with Gasteiger partial charge in [-0.1, -0.05) is 12.2 Å². The number of carbonyl (C=O) groups is 1. The smallest absolute Gasteiger partial charge is 0.374 e. The van der Waals surface area contributed by atoms with Crippen molar-refractivity contribution in [2.24, 2.45) is 5.73 Å². The number of hydrogen-bond donors (Lipinski definition) is 1. The Hall–Kier alpha value is -0.290. The summed E-state index contributed by atoms with van der Waals surface area (Å²) in [6.45, 7) is 2.08. The fourth-order valence-electron chi connectivity index (χ4n) is 0.229. The maximum absolute atomic E-state index is 10.4. The third kappa shape index (κ3) is 5.58. The van der Waals surface area contributed by atoms with E-state index in [0.717, 1.165) is 11.8 Å². The average Bonchev–Trinajstić information content (AvgIpc) is 1.63. The van der Waals surface area contributed by atoms with Gasteiger partial charge in [-0.25, -0.2) is 4.79 Å². The molecule has 0 unspecified atom stereocenters. The SMILES string of the molecule is CCOC(=O)SC(N)=S. The van der Waals surface area contributed by atoms with Gasteiger partial charge in [0, 0.05) is 11.8 Å². The fraction of sp³-hybridized carbons (Fsp3) is 0.500. The molecule has 0 saturated heterocycles. The van der Waals surface area contributed by atoms with Crippen LogP contribution in [0.1, 0.15) is 6.92 Å². The Bertz CT molecular complexity index is 126. The maximum atomic E-state index is 10.4. The highest BCUT2D eigenvalue weighted by molar-refractivity contribution is 8.32. The molecule has 0 saturated carbocycles. The first-order valence-electron chi connectivity index (χ1n) is 2.31. The average molecular weight is 165 g/mol. The Labute approximate surface area is 62.9 Å². The van der Waals surface area contributed by atoms with Gasteiger partial charge in [-0.05, 0) is 6.92 Å². The van der Waals surface area contributed by atoms with Crippen LogP contribution in [0.2, 0.25) is 0 Å². The van der Waals surface area contributed by atoms with Crippen LogP contribution in [-0.4, -0.2) is 16.2 Å². The lowest BCUT2D eigenvalue weighted by atomic mass is 10.9. The van der Waals surface area contributed by atoms with Crippen LogP contribution >= 0.6 is 24.0 Å². The van der Waals surface area contributed by atoms with Crippen molar-refractivity contribution in [3.8, 4) is 0 Å². The summed E-state index contributed by atoms with van der Waals surface area (Å²) in [4.78, 5) is 10.4. The number of hydrogen-bond acceptors (Lipinski definition) is 4. The van der Waals surface area contributed by atoms with E-state index in [4.69, 9.17) is 5.73 Å². The Morgan fingerprint density at radius 3 is 2.78 bits per heavy atom. The van der Waals surface area contributed by atoms with Gasteiger partial charge < -0.3 is 10.5 Å². The van der Waals surface area contributed by atoms with Crippen molar-refractivity contribution in [1.82, 2.24) is 0 Å². The van der Waals surface area contributed by atoms with E-state index in [0.29, 0.717) is 6.61 Å². The van der Waals surface area contributed by atoms with E-state index in [1.54, 1.807) is 6.92 Å². The van der Waals surface area contributed by atoms with E-state index in [-0.39, 0.29) is 4.32 Å². The zero-order valence-electron chi connectivity index (χ0n) is 4.92. The first kappa shape index (κ1) is 8.71. The van der Waals surface area contributed by atoms with Crippen LogP contribution in [0.5, 0.6) is 0 Å². The minimum atomic E-state index is -0.440. The molecule has 0 rings (SSSR count). The minimum absolute atomic E-state index is 0.0912. The molecule has 0 bridgehead atoms. The Kier molecular flexibility index (Phi) is 4.43. The predicted molar refractivity (Wildman–Crippen MR) is 41.4 cm³/mol. The quantitative estimate of drug-likeness (QED) is 0.466. The lowest BCUT2D eigenvalue weighted by Crippen LogP contribution is -2.07. The Morgan fingerprint density at radius 1 is 1.89 bits per heavy atom. The van der Waals surface area contributed by atoms with Crippen LogP contribution in [0.15, 0.2) is 0 Å². The number of thioether (sulfide) groups is 1. The topological polar surface area (TPSA) is 52.3 Å². The highest BCUT2D eigenvalue weighted by Crippen LogP contribution is 2.03. The predicted octanol–water partition coefficient (Wildman–Crippen LogP) is 1.12. The normalized spacial score (nSPS) is 8.56. The monoisotopic (exact) mass is 165 g/mol. The van der Waals surface area contributed by atoms with E-state index in [2.05, 4.69) is 17.0 Å². The molecule has 0 fully saturated rings. The summed E-state index contributed by atoms with van der Waals surface area (Å²) in [5.74, 6) is 0. The van der Waals surface area contributed by atoms with Gasteiger partial charge in [0.1, 0.15) is 4.32 Å². The lowest BCUT2D eigenvalue weighted by Gasteiger charge is -1.96. The summed E-state index contributed by atoms with van der Waals surface area (Å²) in [5.41, 5.74) is 5.02. The largest absolute Gasteiger partial charge is 0.458 e. The van der Waals surface area contributed by atoms with E-state index in [9.17, 15) is 4.79 Å². The molecule has 9 heavy (non-hydrogen) atoms. The second kappa shape index (κ2) is 4.58. The fourth-order valence-corrected chi connectivity index (χ4v) is 0.775. The molecule has 0 amide bonds. The zero-order chi connectivity index (χ0) is 7.28. The summed E-state index contributed by atoms with van der Waals surface area (Å²) in [6.07, 6.45) is 0. The molecule has 0 atom stereocenters. The van der Waals surface area contributed by atoms with Crippen molar-refractivity contribution in [2.75, 3.05) is 6.61 Å². The molecular formula is C4H7NO2S2. The summed E-state index contributed by atoms with van der Waals surface area (Å²) in [5, 5.41) is -0.440. The van der Waals surface area contributed by atoms with Gasteiger partial charge in [0.05, 0.1) is 6.61 Å². The molecule has 0 aromatic heterocycles. The van der Waals surface area contributed by atoms with Gasteiger partial charge in [0.2, 0.25) is 0 Å². The number of thiocarbonyl (C=S) groups is 1. The van der Waals surface area contributed by atoms with E-state index in [1.807, 2.05) is 0 Å². The standard InChI is InChI=1S/C4H7NO2S2/c1-2-7-4(6)9-3(5)8/h2H2,1H3,(H2,5,8). The third-order valence-electron chi connectivity index (χ3n) is 0.446.